The Morgan fingerprint density at radius 2 is 1.62 bits per heavy atom. The first-order valence-electron chi connectivity index (χ1n) is 11.9. The maximum atomic E-state index is 12.7. The second-order valence-corrected chi connectivity index (χ2v) is 9.97. The molecule has 7 nitrogen and oxygen atoms in total. The van der Waals surface area contributed by atoms with Crippen LogP contribution in [0.25, 0.3) is 11.1 Å². The highest BCUT2D eigenvalue weighted by Crippen LogP contribution is 2.44. The van der Waals surface area contributed by atoms with Gasteiger partial charge >= 0.3 is 12.1 Å². The maximum absolute atomic E-state index is 12.7. The average molecular weight is 465 g/mol. The first-order chi connectivity index (χ1) is 16.2. The monoisotopic (exact) mass is 464 g/mol. The lowest BCUT2D eigenvalue weighted by molar-refractivity contribution is -0.139. The lowest BCUT2D eigenvalue weighted by atomic mass is 9.84. The van der Waals surface area contributed by atoms with Crippen molar-refractivity contribution in [2.24, 2.45) is 5.92 Å². The number of carboxylic acid groups (broad SMARTS) is 1. The summed E-state index contributed by atoms with van der Waals surface area (Å²) in [5, 5.41) is 14.8. The largest absolute Gasteiger partial charge is 0.481 e. The molecule has 1 fully saturated rings. The van der Waals surface area contributed by atoms with Gasteiger partial charge < -0.3 is 20.5 Å². The van der Waals surface area contributed by atoms with Gasteiger partial charge in [0.25, 0.3) is 0 Å². The van der Waals surface area contributed by atoms with Gasteiger partial charge in [-0.1, -0.05) is 55.0 Å². The molecule has 2 aromatic rings. The molecule has 2 aliphatic rings. The number of carbonyl (C=O) groups excluding carboxylic acids is 2. The highest BCUT2D eigenvalue weighted by molar-refractivity contribution is 5.81. The minimum Gasteiger partial charge on any atom is -0.481 e. The summed E-state index contributed by atoms with van der Waals surface area (Å²) in [5.74, 6) is -1.38. The van der Waals surface area contributed by atoms with Gasteiger partial charge in [-0.15, -0.1) is 0 Å². The predicted octanol–water partition coefficient (Wildman–Crippen LogP) is 4.45. The minimum absolute atomic E-state index is 0.000464. The van der Waals surface area contributed by atoms with Crippen LogP contribution in [0.2, 0.25) is 0 Å². The molecule has 0 heterocycles. The highest BCUT2D eigenvalue weighted by Gasteiger charge is 2.33. The molecule has 2 atom stereocenters. The Hall–Kier alpha value is -3.35. The summed E-state index contributed by atoms with van der Waals surface area (Å²) in [6.45, 7) is 3.66. The smallest absolute Gasteiger partial charge is 0.407 e. The Morgan fingerprint density at radius 1 is 1.00 bits per heavy atom. The molecule has 1 saturated carbocycles. The third kappa shape index (κ3) is 5.41. The molecule has 0 saturated heterocycles. The molecule has 0 aliphatic heterocycles. The summed E-state index contributed by atoms with van der Waals surface area (Å²) in [6.07, 6.45) is 2.21. The minimum atomic E-state index is -0.955. The number of carboxylic acids is 1. The molecule has 0 spiro atoms. The Morgan fingerprint density at radius 3 is 2.24 bits per heavy atom. The van der Waals surface area contributed by atoms with E-state index in [9.17, 15) is 14.4 Å². The van der Waals surface area contributed by atoms with Crippen LogP contribution < -0.4 is 10.6 Å². The predicted molar refractivity (Wildman–Crippen MR) is 128 cm³/mol. The van der Waals surface area contributed by atoms with Gasteiger partial charge in [0.2, 0.25) is 5.91 Å². The second kappa shape index (κ2) is 9.87. The third-order valence-corrected chi connectivity index (χ3v) is 6.77. The normalized spacial score (nSPS) is 19.6. The molecule has 0 unspecified atom stereocenters. The lowest BCUT2D eigenvalue weighted by Crippen LogP contribution is -2.49. The summed E-state index contributed by atoms with van der Waals surface area (Å²) in [4.78, 5) is 36.4. The van der Waals surface area contributed by atoms with Gasteiger partial charge in [-0.25, -0.2) is 4.79 Å². The molecule has 2 amide bonds. The molecule has 4 rings (SSSR count). The number of fused-ring (bicyclic) bond motifs is 3. The molecule has 3 N–H and O–H groups in total. The quantitative estimate of drug-likeness (QED) is 0.561. The van der Waals surface area contributed by atoms with Crippen LogP contribution in [0.15, 0.2) is 48.5 Å². The van der Waals surface area contributed by atoms with Crippen molar-refractivity contribution in [2.45, 2.75) is 63.5 Å². The van der Waals surface area contributed by atoms with Crippen molar-refractivity contribution >= 4 is 18.0 Å². The number of nitrogens with one attached hydrogen (secondary N) is 2. The summed E-state index contributed by atoms with van der Waals surface area (Å²) >= 11 is 0. The number of aliphatic carboxylic acids is 1. The Labute approximate surface area is 199 Å². The number of alkyl carbamates (subject to hydrolysis) is 1. The molecular formula is C27H32N2O5. The first kappa shape index (κ1) is 23.8. The van der Waals surface area contributed by atoms with Gasteiger partial charge in [-0.2, -0.15) is 0 Å². The molecule has 2 aliphatic carbocycles. The van der Waals surface area contributed by atoms with E-state index in [4.69, 9.17) is 9.84 Å². The number of ether oxygens (including phenoxy) is 1. The summed E-state index contributed by atoms with van der Waals surface area (Å²) in [5.41, 5.74) is 3.86. The van der Waals surface area contributed by atoms with Crippen molar-refractivity contribution in [3.05, 3.63) is 59.7 Å². The number of rotatable bonds is 7. The third-order valence-electron chi connectivity index (χ3n) is 6.77. The van der Waals surface area contributed by atoms with E-state index in [1.807, 2.05) is 24.3 Å². The first-order valence-corrected chi connectivity index (χ1v) is 11.9. The van der Waals surface area contributed by atoms with E-state index in [-0.39, 0.29) is 36.8 Å². The van der Waals surface area contributed by atoms with Gasteiger partial charge in [0.05, 0.1) is 6.42 Å². The SMILES string of the molecule is CC(C)(CC(=O)O)NC(=O)[C@H]1CCC[C@@H](NC(=O)OCC2c3ccccc3-c3ccccc32)C1. The van der Waals surface area contributed by atoms with Gasteiger partial charge in [0.1, 0.15) is 6.61 Å². The van der Waals surface area contributed by atoms with E-state index in [2.05, 4.69) is 34.9 Å². The topological polar surface area (TPSA) is 105 Å². The summed E-state index contributed by atoms with van der Waals surface area (Å²) < 4.78 is 5.65. The molecule has 7 heteroatoms. The van der Waals surface area contributed by atoms with E-state index in [0.717, 1.165) is 30.4 Å². The van der Waals surface area contributed by atoms with Gasteiger partial charge in [0.15, 0.2) is 0 Å². The van der Waals surface area contributed by atoms with E-state index in [1.54, 1.807) is 13.8 Å². The van der Waals surface area contributed by atoms with Crippen LogP contribution in [-0.4, -0.2) is 41.3 Å². The van der Waals surface area contributed by atoms with E-state index in [0.29, 0.717) is 6.42 Å². The maximum Gasteiger partial charge on any atom is 0.407 e. The number of carbonyl (C=O) groups is 3. The Balaban J connectivity index is 1.31. The van der Waals surface area contributed by atoms with Crippen LogP contribution in [0.3, 0.4) is 0 Å². The highest BCUT2D eigenvalue weighted by atomic mass is 16.5. The summed E-state index contributed by atoms with van der Waals surface area (Å²) in [6, 6.07) is 16.2. The van der Waals surface area contributed by atoms with E-state index >= 15 is 0 Å². The van der Waals surface area contributed by atoms with Gasteiger partial charge in [-0.3, -0.25) is 9.59 Å². The van der Waals surface area contributed by atoms with Gasteiger partial charge in [-0.05, 0) is 55.4 Å². The van der Waals surface area contributed by atoms with Crippen LogP contribution in [0.5, 0.6) is 0 Å². The van der Waals surface area contributed by atoms with E-state index < -0.39 is 17.6 Å². The molecular weight excluding hydrogens is 432 g/mol. The number of hydrogen-bond acceptors (Lipinski definition) is 4. The van der Waals surface area contributed by atoms with Crippen molar-refractivity contribution in [1.29, 1.82) is 0 Å². The average Bonchev–Trinajstić information content (AvgIpc) is 3.10. The fourth-order valence-electron chi connectivity index (χ4n) is 5.22. The molecule has 0 bridgehead atoms. The van der Waals surface area contributed by atoms with Crippen LogP contribution in [-0.2, 0) is 14.3 Å². The van der Waals surface area contributed by atoms with Crippen LogP contribution in [0.4, 0.5) is 4.79 Å². The zero-order valence-electron chi connectivity index (χ0n) is 19.7. The molecule has 0 radical (unpaired) electrons. The van der Waals surface area contributed by atoms with Crippen LogP contribution in [0.1, 0.15) is 63.0 Å². The number of amides is 2. The zero-order chi connectivity index (χ0) is 24.3. The van der Waals surface area contributed by atoms with E-state index in [1.165, 1.54) is 11.1 Å². The Kier molecular flexibility index (Phi) is 6.91. The standard InChI is InChI=1S/C27H32N2O5/c1-27(2,15-24(30)31)29-25(32)17-8-7-9-18(14-17)28-26(33)34-16-23-21-12-5-3-10-19(21)20-11-4-6-13-22(20)23/h3-6,10-13,17-18,23H,7-9,14-16H2,1-2H3,(H,28,33)(H,29,32)(H,30,31)/t17-,18+/m0/s1. The Bertz CT molecular complexity index is 1030. The fourth-order valence-corrected chi connectivity index (χ4v) is 5.22. The second-order valence-electron chi connectivity index (χ2n) is 9.97. The van der Waals surface area contributed by atoms with Crippen molar-refractivity contribution < 1.29 is 24.2 Å². The molecule has 34 heavy (non-hydrogen) atoms. The van der Waals surface area contributed by atoms with Gasteiger partial charge in [0, 0.05) is 23.4 Å². The lowest BCUT2D eigenvalue weighted by Gasteiger charge is -2.32. The molecule has 0 aromatic heterocycles. The molecule has 2 aromatic carbocycles. The van der Waals surface area contributed by atoms with Crippen molar-refractivity contribution in [1.82, 2.24) is 10.6 Å². The number of benzene rings is 2. The number of hydrogen-bond donors (Lipinski definition) is 3. The summed E-state index contributed by atoms with van der Waals surface area (Å²) in [7, 11) is 0. The van der Waals surface area contributed by atoms with Crippen molar-refractivity contribution in [3.63, 3.8) is 0 Å². The molecule has 180 valence electrons. The zero-order valence-corrected chi connectivity index (χ0v) is 19.7. The van der Waals surface area contributed by atoms with Crippen LogP contribution >= 0.6 is 0 Å². The van der Waals surface area contributed by atoms with Crippen molar-refractivity contribution in [2.75, 3.05) is 6.61 Å². The van der Waals surface area contributed by atoms with Crippen molar-refractivity contribution in [3.8, 4) is 11.1 Å². The van der Waals surface area contributed by atoms with Crippen LogP contribution in [0, 0.1) is 5.92 Å². The fraction of sp³-hybridized carbons (Fsp3) is 0.444.